The lowest BCUT2D eigenvalue weighted by atomic mass is 10.1. The first-order valence-corrected chi connectivity index (χ1v) is 7.51. The predicted octanol–water partition coefficient (Wildman–Crippen LogP) is 4.59. The Morgan fingerprint density at radius 1 is 1.05 bits per heavy atom. The van der Waals surface area contributed by atoms with Gasteiger partial charge in [-0.15, -0.1) is 0 Å². The fourth-order valence-corrected chi connectivity index (χ4v) is 2.73. The van der Waals surface area contributed by atoms with E-state index in [1.807, 2.05) is 58.0 Å². The van der Waals surface area contributed by atoms with E-state index in [2.05, 4.69) is 5.32 Å². The van der Waals surface area contributed by atoms with Crippen molar-refractivity contribution < 1.29 is 9.53 Å². The maximum atomic E-state index is 12.1. The average Bonchev–Trinajstić information content (AvgIpc) is 2.40. The van der Waals surface area contributed by atoms with Gasteiger partial charge >= 0.3 is 0 Å². The average molecular weight is 318 g/mol. The molecule has 0 saturated carbocycles. The summed E-state index contributed by atoms with van der Waals surface area (Å²) < 4.78 is 5.65. The molecule has 4 heteroatoms. The van der Waals surface area contributed by atoms with Gasteiger partial charge in [-0.1, -0.05) is 29.3 Å². The van der Waals surface area contributed by atoms with Gasteiger partial charge in [0, 0.05) is 10.7 Å². The maximum absolute atomic E-state index is 12.1. The van der Waals surface area contributed by atoms with Crippen molar-refractivity contribution in [3.8, 4) is 5.75 Å². The van der Waals surface area contributed by atoms with E-state index in [1.165, 1.54) is 5.56 Å². The Morgan fingerprint density at radius 3 is 2.27 bits per heavy atom. The second kappa shape index (κ2) is 6.84. The zero-order valence-corrected chi connectivity index (χ0v) is 14.0. The smallest absolute Gasteiger partial charge is 0.262 e. The van der Waals surface area contributed by atoms with Gasteiger partial charge in [0.15, 0.2) is 6.61 Å². The van der Waals surface area contributed by atoms with Gasteiger partial charge in [0.2, 0.25) is 0 Å². The minimum Gasteiger partial charge on any atom is -0.483 e. The molecule has 2 aromatic rings. The minimum absolute atomic E-state index is 0.0311. The lowest BCUT2D eigenvalue weighted by Gasteiger charge is -2.13. The Bertz CT molecular complexity index is 687. The van der Waals surface area contributed by atoms with Crippen LogP contribution in [-0.2, 0) is 4.79 Å². The van der Waals surface area contributed by atoms with Crippen molar-refractivity contribution in [2.24, 2.45) is 0 Å². The van der Waals surface area contributed by atoms with Crippen molar-refractivity contribution in [3.63, 3.8) is 0 Å². The first-order chi connectivity index (χ1) is 10.4. The van der Waals surface area contributed by atoms with Crippen LogP contribution in [0.3, 0.4) is 0 Å². The highest BCUT2D eigenvalue weighted by molar-refractivity contribution is 6.30. The highest BCUT2D eigenvalue weighted by atomic mass is 35.5. The summed E-state index contributed by atoms with van der Waals surface area (Å²) in [6.07, 6.45) is 0. The van der Waals surface area contributed by atoms with Gasteiger partial charge in [-0.05, 0) is 62.6 Å². The van der Waals surface area contributed by atoms with E-state index >= 15 is 0 Å². The van der Waals surface area contributed by atoms with Gasteiger partial charge in [-0.2, -0.15) is 0 Å². The number of carbonyl (C=O) groups excluding carboxylic acids is 1. The quantitative estimate of drug-likeness (QED) is 0.895. The number of amides is 1. The molecule has 0 fully saturated rings. The molecule has 2 rings (SSSR count). The number of aryl methyl sites for hydroxylation is 4. The molecule has 0 bridgehead atoms. The van der Waals surface area contributed by atoms with Gasteiger partial charge in [0.05, 0.1) is 0 Å². The van der Waals surface area contributed by atoms with Crippen LogP contribution < -0.4 is 10.1 Å². The summed E-state index contributed by atoms with van der Waals surface area (Å²) in [6.45, 7) is 7.79. The van der Waals surface area contributed by atoms with Crippen molar-refractivity contribution in [3.05, 3.63) is 57.6 Å². The summed E-state index contributed by atoms with van der Waals surface area (Å²) in [5.41, 5.74) is 4.85. The van der Waals surface area contributed by atoms with Crippen LogP contribution in [0.15, 0.2) is 30.3 Å². The van der Waals surface area contributed by atoms with E-state index < -0.39 is 0 Å². The standard InChI is InChI=1S/C18H20ClNO2/c1-11-5-6-16(12(2)7-11)20-17(21)10-22-18-13(3)8-15(19)9-14(18)4/h5-9H,10H2,1-4H3,(H,20,21). The number of benzene rings is 2. The largest absolute Gasteiger partial charge is 0.483 e. The molecule has 0 heterocycles. The van der Waals surface area contributed by atoms with E-state index in [0.29, 0.717) is 10.8 Å². The summed E-state index contributed by atoms with van der Waals surface area (Å²) in [4.78, 5) is 12.1. The van der Waals surface area contributed by atoms with Gasteiger partial charge in [0.1, 0.15) is 5.75 Å². The van der Waals surface area contributed by atoms with E-state index in [1.54, 1.807) is 0 Å². The van der Waals surface area contributed by atoms with Crippen LogP contribution >= 0.6 is 11.6 Å². The molecule has 0 unspecified atom stereocenters. The number of hydrogen-bond donors (Lipinski definition) is 1. The first-order valence-electron chi connectivity index (χ1n) is 7.13. The third-order valence-corrected chi connectivity index (χ3v) is 3.65. The van der Waals surface area contributed by atoms with Crippen molar-refractivity contribution >= 4 is 23.2 Å². The Morgan fingerprint density at radius 2 is 1.68 bits per heavy atom. The van der Waals surface area contributed by atoms with Gasteiger partial charge in [0.25, 0.3) is 5.91 Å². The predicted molar refractivity (Wildman–Crippen MR) is 91.0 cm³/mol. The third-order valence-electron chi connectivity index (χ3n) is 3.43. The molecule has 0 radical (unpaired) electrons. The summed E-state index contributed by atoms with van der Waals surface area (Å²) in [6, 6.07) is 9.56. The minimum atomic E-state index is -0.180. The van der Waals surface area contributed by atoms with Crippen molar-refractivity contribution in [1.82, 2.24) is 0 Å². The number of rotatable bonds is 4. The summed E-state index contributed by atoms with van der Waals surface area (Å²) in [5, 5.41) is 3.54. The number of carbonyl (C=O) groups is 1. The van der Waals surface area contributed by atoms with Gasteiger partial charge in [-0.25, -0.2) is 0 Å². The molecule has 2 aromatic carbocycles. The molecule has 0 atom stereocenters. The van der Waals surface area contributed by atoms with Gasteiger partial charge < -0.3 is 10.1 Å². The molecular formula is C18H20ClNO2. The Kier molecular flexibility index (Phi) is 5.09. The van der Waals surface area contributed by atoms with Gasteiger partial charge in [-0.3, -0.25) is 4.79 Å². The fraction of sp³-hybridized carbons (Fsp3) is 0.278. The number of halogens is 1. The molecule has 1 amide bonds. The number of anilines is 1. The number of hydrogen-bond acceptors (Lipinski definition) is 2. The SMILES string of the molecule is Cc1ccc(NC(=O)COc2c(C)cc(Cl)cc2C)c(C)c1. The molecule has 0 saturated heterocycles. The molecule has 1 N–H and O–H groups in total. The van der Waals surface area contributed by atoms with Crippen molar-refractivity contribution in [2.45, 2.75) is 27.7 Å². The van der Waals surface area contributed by atoms with Crippen LogP contribution in [0.1, 0.15) is 22.3 Å². The van der Waals surface area contributed by atoms with Crippen molar-refractivity contribution in [1.29, 1.82) is 0 Å². The summed E-state index contributed by atoms with van der Waals surface area (Å²) >= 11 is 5.99. The normalized spacial score (nSPS) is 10.4. The Balaban J connectivity index is 2.02. The summed E-state index contributed by atoms with van der Waals surface area (Å²) in [5.74, 6) is 0.529. The van der Waals surface area contributed by atoms with E-state index in [9.17, 15) is 4.79 Å². The van der Waals surface area contributed by atoms with Crippen LogP contribution in [0, 0.1) is 27.7 Å². The van der Waals surface area contributed by atoms with E-state index in [0.717, 1.165) is 22.4 Å². The Hall–Kier alpha value is -2.00. The molecule has 0 aromatic heterocycles. The van der Waals surface area contributed by atoms with Crippen LogP contribution in [0.4, 0.5) is 5.69 Å². The van der Waals surface area contributed by atoms with Crippen LogP contribution in [0.25, 0.3) is 0 Å². The van der Waals surface area contributed by atoms with Crippen LogP contribution in [0.5, 0.6) is 5.75 Å². The molecule has 0 aliphatic rings. The second-order valence-electron chi connectivity index (χ2n) is 5.52. The molecule has 3 nitrogen and oxygen atoms in total. The zero-order valence-electron chi connectivity index (χ0n) is 13.3. The van der Waals surface area contributed by atoms with E-state index in [-0.39, 0.29) is 12.5 Å². The zero-order chi connectivity index (χ0) is 16.3. The molecular weight excluding hydrogens is 298 g/mol. The third kappa shape index (κ3) is 4.01. The highest BCUT2D eigenvalue weighted by Gasteiger charge is 2.10. The molecule has 0 spiro atoms. The highest BCUT2D eigenvalue weighted by Crippen LogP contribution is 2.27. The number of ether oxygens (including phenoxy) is 1. The lowest BCUT2D eigenvalue weighted by molar-refractivity contribution is -0.118. The van der Waals surface area contributed by atoms with Crippen LogP contribution in [0.2, 0.25) is 5.02 Å². The molecule has 22 heavy (non-hydrogen) atoms. The van der Waals surface area contributed by atoms with Crippen LogP contribution in [-0.4, -0.2) is 12.5 Å². The summed E-state index contributed by atoms with van der Waals surface area (Å²) in [7, 11) is 0. The molecule has 116 valence electrons. The topological polar surface area (TPSA) is 38.3 Å². The molecule has 0 aliphatic carbocycles. The van der Waals surface area contributed by atoms with Crippen molar-refractivity contribution in [2.75, 3.05) is 11.9 Å². The van der Waals surface area contributed by atoms with E-state index in [4.69, 9.17) is 16.3 Å². The number of nitrogens with one attached hydrogen (secondary N) is 1. The fourth-order valence-electron chi connectivity index (χ4n) is 2.40. The second-order valence-corrected chi connectivity index (χ2v) is 5.96. The maximum Gasteiger partial charge on any atom is 0.262 e. The molecule has 0 aliphatic heterocycles. The monoisotopic (exact) mass is 317 g/mol. The first kappa shape index (κ1) is 16.4. The lowest BCUT2D eigenvalue weighted by Crippen LogP contribution is -2.21. The Labute approximate surface area is 136 Å².